The molecule has 2 atom stereocenters. The van der Waals surface area contributed by atoms with Crippen LogP contribution in [0.5, 0.6) is 0 Å². The Morgan fingerprint density at radius 1 is 1.75 bits per heavy atom. The van der Waals surface area contributed by atoms with Crippen LogP contribution in [-0.2, 0) is 0 Å². The van der Waals surface area contributed by atoms with Gasteiger partial charge in [-0.25, -0.2) is 4.98 Å². The highest BCUT2D eigenvalue weighted by atomic mass is 32.2. The molecule has 0 bridgehead atoms. The van der Waals surface area contributed by atoms with E-state index in [1.54, 1.807) is 23.1 Å². The number of aromatic nitrogens is 1. The minimum Gasteiger partial charge on any atom is -0.303 e. The predicted molar refractivity (Wildman–Crippen MR) is 69.9 cm³/mol. The number of aryl methyl sites for hydroxylation is 1. The third kappa shape index (κ3) is 3.78. The fourth-order valence-electron chi connectivity index (χ4n) is 1.38. The Labute approximate surface area is 105 Å². The SMILES string of the molecule is CNC(C)(C#N)CC(C)Sc1nc(C)cs1. The summed E-state index contributed by atoms with van der Waals surface area (Å²) < 4.78 is 1.08. The lowest BCUT2D eigenvalue weighted by atomic mass is 9.98. The topological polar surface area (TPSA) is 48.7 Å². The van der Waals surface area contributed by atoms with Gasteiger partial charge in [0.1, 0.15) is 9.88 Å². The molecule has 0 aromatic carbocycles. The Morgan fingerprint density at radius 3 is 2.88 bits per heavy atom. The molecule has 1 aromatic heterocycles. The summed E-state index contributed by atoms with van der Waals surface area (Å²) in [5, 5.41) is 14.6. The van der Waals surface area contributed by atoms with Crippen molar-refractivity contribution in [3.05, 3.63) is 11.1 Å². The van der Waals surface area contributed by atoms with Gasteiger partial charge in [-0.1, -0.05) is 18.7 Å². The lowest BCUT2D eigenvalue weighted by Crippen LogP contribution is -2.40. The second kappa shape index (κ2) is 5.67. The summed E-state index contributed by atoms with van der Waals surface area (Å²) in [4.78, 5) is 4.41. The smallest absolute Gasteiger partial charge is 0.150 e. The number of nitriles is 1. The van der Waals surface area contributed by atoms with Gasteiger partial charge in [0, 0.05) is 16.3 Å². The van der Waals surface area contributed by atoms with Crippen LogP contribution in [0.2, 0.25) is 0 Å². The molecule has 2 unspecified atom stereocenters. The molecule has 16 heavy (non-hydrogen) atoms. The molecule has 3 nitrogen and oxygen atoms in total. The minimum absolute atomic E-state index is 0.377. The van der Waals surface area contributed by atoms with Crippen LogP contribution in [0.3, 0.4) is 0 Å². The van der Waals surface area contributed by atoms with Crippen molar-refractivity contribution in [2.45, 2.75) is 42.3 Å². The Hall–Kier alpha value is -0.570. The molecule has 0 spiro atoms. The Kier molecular flexibility index (Phi) is 4.78. The molecule has 0 aliphatic carbocycles. The first-order chi connectivity index (χ1) is 7.49. The molecule has 88 valence electrons. The lowest BCUT2D eigenvalue weighted by Gasteiger charge is -2.23. The molecule has 1 aromatic rings. The molecule has 1 heterocycles. The Morgan fingerprint density at radius 2 is 2.44 bits per heavy atom. The van der Waals surface area contributed by atoms with Crippen molar-refractivity contribution in [1.29, 1.82) is 5.26 Å². The van der Waals surface area contributed by atoms with Gasteiger partial charge in [0.05, 0.1) is 6.07 Å². The molecule has 0 amide bonds. The van der Waals surface area contributed by atoms with Crippen LogP contribution in [0.4, 0.5) is 0 Å². The van der Waals surface area contributed by atoms with Crippen molar-refractivity contribution in [1.82, 2.24) is 10.3 Å². The number of hydrogen-bond acceptors (Lipinski definition) is 5. The largest absolute Gasteiger partial charge is 0.303 e. The summed E-state index contributed by atoms with van der Waals surface area (Å²) in [6.45, 7) is 6.06. The molecule has 0 saturated heterocycles. The summed E-state index contributed by atoms with van der Waals surface area (Å²) in [5.41, 5.74) is 0.620. The quantitative estimate of drug-likeness (QED) is 0.822. The number of nitrogens with one attached hydrogen (secondary N) is 1. The van der Waals surface area contributed by atoms with Crippen LogP contribution in [0, 0.1) is 18.3 Å². The zero-order valence-corrected chi connectivity index (χ0v) is 11.7. The lowest BCUT2D eigenvalue weighted by molar-refractivity contribution is 0.455. The second-order valence-corrected chi connectivity index (χ2v) is 6.62. The van der Waals surface area contributed by atoms with E-state index >= 15 is 0 Å². The summed E-state index contributed by atoms with van der Waals surface area (Å²) in [7, 11) is 1.83. The van der Waals surface area contributed by atoms with E-state index < -0.39 is 5.54 Å². The number of rotatable bonds is 5. The highest BCUT2D eigenvalue weighted by molar-refractivity contribution is 8.01. The third-order valence-corrected chi connectivity index (χ3v) is 4.59. The molecule has 1 rings (SSSR count). The van der Waals surface area contributed by atoms with Crippen molar-refractivity contribution in [3.8, 4) is 6.07 Å². The van der Waals surface area contributed by atoms with E-state index in [1.165, 1.54) is 0 Å². The molecule has 0 saturated carbocycles. The number of nitrogens with zero attached hydrogens (tertiary/aromatic N) is 2. The van der Waals surface area contributed by atoms with Gasteiger partial charge in [-0.3, -0.25) is 0 Å². The molecule has 0 aliphatic heterocycles. The van der Waals surface area contributed by atoms with Crippen LogP contribution >= 0.6 is 23.1 Å². The van der Waals surface area contributed by atoms with Gasteiger partial charge < -0.3 is 5.32 Å². The maximum absolute atomic E-state index is 9.07. The molecule has 0 radical (unpaired) electrons. The summed E-state index contributed by atoms with van der Waals surface area (Å²) >= 11 is 3.41. The van der Waals surface area contributed by atoms with E-state index in [1.807, 2.05) is 20.9 Å². The zero-order chi connectivity index (χ0) is 12.2. The maximum atomic E-state index is 9.07. The van der Waals surface area contributed by atoms with E-state index in [9.17, 15) is 0 Å². The average molecular weight is 255 g/mol. The standard InChI is InChI=1S/C11H17N3S2/c1-8-6-15-10(14-8)16-9(2)5-11(3,7-12)13-4/h6,9,13H,5H2,1-4H3. The van der Waals surface area contributed by atoms with Crippen LogP contribution in [0.15, 0.2) is 9.72 Å². The monoisotopic (exact) mass is 255 g/mol. The Balaban J connectivity index is 2.54. The predicted octanol–water partition coefficient (Wildman–Crippen LogP) is 2.82. The normalized spacial score (nSPS) is 16.4. The van der Waals surface area contributed by atoms with Crippen molar-refractivity contribution in [2.24, 2.45) is 0 Å². The summed E-state index contributed by atoms with van der Waals surface area (Å²) in [6.07, 6.45) is 0.809. The zero-order valence-electron chi connectivity index (χ0n) is 10.1. The minimum atomic E-state index is -0.446. The van der Waals surface area contributed by atoms with E-state index in [0.717, 1.165) is 16.5 Å². The van der Waals surface area contributed by atoms with Crippen molar-refractivity contribution >= 4 is 23.1 Å². The van der Waals surface area contributed by atoms with Gasteiger partial charge in [-0.15, -0.1) is 11.3 Å². The molecular weight excluding hydrogens is 238 g/mol. The number of hydrogen-bond donors (Lipinski definition) is 1. The van der Waals surface area contributed by atoms with Gasteiger partial charge in [0.2, 0.25) is 0 Å². The van der Waals surface area contributed by atoms with E-state index in [2.05, 4.69) is 28.7 Å². The van der Waals surface area contributed by atoms with Crippen molar-refractivity contribution in [3.63, 3.8) is 0 Å². The second-order valence-electron chi connectivity index (χ2n) is 4.08. The van der Waals surface area contributed by atoms with Gasteiger partial charge in [0.15, 0.2) is 0 Å². The van der Waals surface area contributed by atoms with Crippen molar-refractivity contribution < 1.29 is 0 Å². The fourth-order valence-corrected chi connectivity index (χ4v) is 3.72. The molecule has 0 aliphatic rings. The summed E-state index contributed by atoms with van der Waals surface area (Å²) in [6, 6.07) is 2.31. The average Bonchev–Trinajstić information content (AvgIpc) is 2.63. The summed E-state index contributed by atoms with van der Waals surface area (Å²) in [5.74, 6) is 0. The first kappa shape index (κ1) is 13.5. The van der Waals surface area contributed by atoms with Crippen LogP contribution in [-0.4, -0.2) is 22.8 Å². The highest BCUT2D eigenvalue weighted by Gasteiger charge is 2.24. The van der Waals surface area contributed by atoms with E-state index in [4.69, 9.17) is 5.26 Å². The highest BCUT2D eigenvalue weighted by Crippen LogP contribution is 2.30. The van der Waals surface area contributed by atoms with Gasteiger partial charge in [-0.2, -0.15) is 5.26 Å². The van der Waals surface area contributed by atoms with E-state index in [-0.39, 0.29) is 0 Å². The van der Waals surface area contributed by atoms with Gasteiger partial charge in [-0.05, 0) is 27.3 Å². The van der Waals surface area contributed by atoms with Crippen molar-refractivity contribution in [2.75, 3.05) is 7.05 Å². The molecular formula is C11H17N3S2. The van der Waals surface area contributed by atoms with Crippen LogP contribution < -0.4 is 5.32 Å². The first-order valence-corrected chi connectivity index (χ1v) is 6.94. The number of thiazole rings is 1. The van der Waals surface area contributed by atoms with E-state index in [0.29, 0.717) is 5.25 Å². The maximum Gasteiger partial charge on any atom is 0.150 e. The first-order valence-electron chi connectivity index (χ1n) is 5.18. The van der Waals surface area contributed by atoms with Crippen LogP contribution in [0.25, 0.3) is 0 Å². The molecule has 0 fully saturated rings. The van der Waals surface area contributed by atoms with Crippen LogP contribution in [0.1, 0.15) is 26.0 Å². The fraction of sp³-hybridized carbons (Fsp3) is 0.636. The Bertz CT molecular complexity index is 383. The van der Waals surface area contributed by atoms with Gasteiger partial charge in [0.25, 0.3) is 0 Å². The van der Waals surface area contributed by atoms with Gasteiger partial charge >= 0.3 is 0 Å². The molecule has 1 N–H and O–H groups in total. The number of thioether (sulfide) groups is 1. The third-order valence-electron chi connectivity index (χ3n) is 2.39. The molecule has 5 heteroatoms.